The molecule has 2 amide bonds. The van der Waals surface area contributed by atoms with Gasteiger partial charge in [0.05, 0.1) is 18.6 Å². The lowest BCUT2D eigenvalue weighted by Gasteiger charge is -2.47. The van der Waals surface area contributed by atoms with Crippen molar-refractivity contribution in [2.75, 3.05) is 18.6 Å². The van der Waals surface area contributed by atoms with E-state index in [0.29, 0.717) is 21.6 Å². The number of methoxy groups -OCH3 is 1. The molecule has 4 rings (SSSR count). The minimum absolute atomic E-state index is 0.0536. The number of hydrogen-bond donors (Lipinski definition) is 0. The number of thioether (sulfide) groups is 1. The van der Waals surface area contributed by atoms with E-state index in [1.54, 1.807) is 25.3 Å². The highest BCUT2D eigenvalue weighted by Gasteiger charge is 2.37. The molecule has 0 N–H and O–H groups in total. The first kappa shape index (κ1) is 23.7. The number of halogens is 1. The number of nitrogens with zero attached hydrogens (tertiary/aromatic N) is 2. The van der Waals surface area contributed by atoms with E-state index < -0.39 is 0 Å². The molecule has 174 valence electrons. The quantitative estimate of drug-likeness (QED) is 0.442. The summed E-state index contributed by atoms with van der Waals surface area (Å²) in [6.45, 7) is 10.1. The molecule has 0 spiro atoms. The van der Waals surface area contributed by atoms with E-state index in [2.05, 4.69) is 44.7 Å². The highest BCUT2D eigenvalue weighted by atomic mass is 35.5. The van der Waals surface area contributed by atoms with Crippen molar-refractivity contribution in [1.82, 2.24) is 4.90 Å². The van der Waals surface area contributed by atoms with Gasteiger partial charge in [-0.25, -0.2) is 0 Å². The highest BCUT2D eigenvalue weighted by molar-refractivity contribution is 8.18. The molecular formula is C26H29ClN2O3S. The van der Waals surface area contributed by atoms with Crippen LogP contribution in [-0.4, -0.2) is 35.2 Å². The second kappa shape index (κ2) is 9.07. The van der Waals surface area contributed by atoms with Crippen LogP contribution < -0.4 is 9.64 Å². The third-order valence-corrected chi connectivity index (χ3v) is 7.63. The number of fused-ring (bicyclic) bond motifs is 1. The van der Waals surface area contributed by atoms with Crippen LogP contribution in [0.15, 0.2) is 41.3 Å². The molecular weight excluding hydrogens is 456 g/mol. The predicted octanol–water partition coefficient (Wildman–Crippen LogP) is 6.70. The zero-order valence-electron chi connectivity index (χ0n) is 19.6. The number of carbonyl (C=O) groups excluding carboxylic acids is 2. The molecule has 2 aliphatic rings. The van der Waals surface area contributed by atoms with Crippen molar-refractivity contribution >= 4 is 46.3 Å². The van der Waals surface area contributed by atoms with Crippen LogP contribution in [-0.2, 0) is 11.3 Å². The molecule has 33 heavy (non-hydrogen) atoms. The molecule has 0 radical (unpaired) electrons. The Balaban J connectivity index is 1.67. The summed E-state index contributed by atoms with van der Waals surface area (Å²) in [4.78, 5) is 29.8. The molecule has 0 saturated carbocycles. The van der Waals surface area contributed by atoms with Crippen LogP contribution in [0.2, 0.25) is 5.02 Å². The highest BCUT2D eigenvalue weighted by Crippen LogP contribution is 2.46. The van der Waals surface area contributed by atoms with Crippen molar-refractivity contribution in [1.29, 1.82) is 0 Å². The van der Waals surface area contributed by atoms with Gasteiger partial charge in [0.15, 0.2) is 0 Å². The smallest absolute Gasteiger partial charge is 0.293 e. The Bertz CT molecular complexity index is 1130. The number of rotatable bonds is 5. The first-order valence-corrected chi connectivity index (χ1v) is 12.3. The number of ether oxygens (including phenoxy) is 1. The Morgan fingerprint density at radius 3 is 2.55 bits per heavy atom. The maximum absolute atomic E-state index is 13.1. The van der Waals surface area contributed by atoms with Gasteiger partial charge in [0.25, 0.3) is 11.1 Å². The Morgan fingerprint density at radius 2 is 1.91 bits per heavy atom. The van der Waals surface area contributed by atoms with E-state index in [1.165, 1.54) is 16.2 Å². The van der Waals surface area contributed by atoms with E-state index in [4.69, 9.17) is 16.3 Å². The molecule has 1 saturated heterocycles. The topological polar surface area (TPSA) is 49.9 Å². The van der Waals surface area contributed by atoms with Crippen molar-refractivity contribution in [2.45, 2.75) is 52.1 Å². The zero-order valence-corrected chi connectivity index (χ0v) is 21.2. The maximum Gasteiger partial charge on any atom is 0.293 e. The fourth-order valence-electron chi connectivity index (χ4n) is 4.97. The largest absolute Gasteiger partial charge is 0.496 e. The average Bonchev–Trinajstić information content (AvgIpc) is 3.02. The van der Waals surface area contributed by atoms with E-state index in [9.17, 15) is 9.59 Å². The SMILES string of the molecule is CCN1c2cc(OC)c(/C=C3/SC(=O)N(Cc4ccc(Cl)cc4)C3=O)cc2C(C)CC1(C)C. The maximum atomic E-state index is 13.1. The predicted molar refractivity (Wildman–Crippen MR) is 136 cm³/mol. The monoisotopic (exact) mass is 484 g/mol. The van der Waals surface area contributed by atoms with Gasteiger partial charge in [-0.15, -0.1) is 0 Å². The molecule has 2 heterocycles. The number of hydrogen-bond acceptors (Lipinski definition) is 5. The summed E-state index contributed by atoms with van der Waals surface area (Å²) in [7, 11) is 1.64. The van der Waals surface area contributed by atoms with Crippen LogP contribution in [0, 0.1) is 0 Å². The lowest BCUT2D eigenvalue weighted by atomic mass is 9.79. The normalized spacial score (nSPS) is 21.0. The second-order valence-electron chi connectivity index (χ2n) is 9.21. The summed E-state index contributed by atoms with van der Waals surface area (Å²) in [5.41, 5.74) is 4.13. The lowest BCUT2D eigenvalue weighted by Crippen LogP contribution is -2.48. The molecule has 0 aromatic heterocycles. The summed E-state index contributed by atoms with van der Waals surface area (Å²) in [6, 6.07) is 11.3. The summed E-state index contributed by atoms with van der Waals surface area (Å²) < 4.78 is 5.71. The van der Waals surface area contributed by atoms with E-state index in [-0.39, 0.29) is 23.2 Å². The number of imide groups is 1. The second-order valence-corrected chi connectivity index (χ2v) is 10.6. The summed E-state index contributed by atoms with van der Waals surface area (Å²) in [6.07, 6.45) is 2.83. The van der Waals surface area contributed by atoms with Crippen LogP contribution in [0.4, 0.5) is 10.5 Å². The van der Waals surface area contributed by atoms with E-state index >= 15 is 0 Å². The fraction of sp³-hybridized carbons (Fsp3) is 0.385. The van der Waals surface area contributed by atoms with Gasteiger partial charge in [-0.3, -0.25) is 14.5 Å². The van der Waals surface area contributed by atoms with Crippen LogP contribution in [0.1, 0.15) is 56.7 Å². The minimum atomic E-state index is -0.288. The number of benzene rings is 2. The van der Waals surface area contributed by atoms with Crippen LogP contribution in [0.5, 0.6) is 5.75 Å². The molecule has 2 aromatic rings. The van der Waals surface area contributed by atoms with E-state index in [0.717, 1.165) is 35.9 Å². The van der Waals surface area contributed by atoms with Gasteiger partial charge in [-0.1, -0.05) is 30.7 Å². The summed E-state index contributed by atoms with van der Waals surface area (Å²) >= 11 is 6.91. The van der Waals surface area contributed by atoms with Gasteiger partial charge in [-0.05, 0) is 80.3 Å². The zero-order chi connectivity index (χ0) is 23.9. The first-order valence-electron chi connectivity index (χ1n) is 11.1. The first-order chi connectivity index (χ1) is 15.6. The van der Waals surface area contributed by atoms with Crippen molar-refractivity contribution in [3.8, 4) is 5.75 Å². The average molecular weight is 485 g/mol. The van der Waals surface area contributed by atoms with Gasteiger partial charge in [0, 0.05) is 34.4 Å². The molecule has 0 aliphatic carbocycles. The summed E-state index contributed by atoms with van der Waals surface area (Å²) in [5, 5.41) is 0.344. The number of anilines is 1. The van der Waals surface area contributed by atoms with Crippen molar-refractivity contribution < 1.29 is 14.3 Å². The van der Waals surface area contributed by atoms with Crippen molar-refractivity contribution in [3.63, 3.8) is 0 Å². The van der Waals surface area contributed by atoms with Crippen LogP contribution in [0.25, 0.3) is 6.08 Å². The van der Waals surface area contributed by atoms with E-state index in [1.807, 2.05) is 12.1 Å². The molecule has 1 unspecified atom stereocenters. The third-order valence-electron chi connectivity index (χ3n) is 6.47. The molecule has 2 aliphatic heterocycles. The molecule has 0 bridgehead atoms. The molecule has 1 fully saturated rings. The number of amides is 2. The number of carbonyl (C=O) groups is 2. The van der Waals surface area contributed by atoms with Gasteiger partial charge < -0.3 is 9.64 Å². The van der Waals surface area contributed by atoms with Crippen LogP contribution in [0.3, 0.4) is 0 Å². The van der Waals surface area contributed by atoms with Crippen LogP contribution >= 0.6 is 23.4 Å². The van der Waals surface area contributed by atoms with Gasteiger partial charge in [0.1, 0.15) is 5.75 Å². The Kier molecular flexibility index (Phi) is 6.52. The lowest BCUT2D eigenvalue weighted by molar-refractivity contribution is -0.123. The van der Waals surface area contributed by atoms with Gasteiger partial charge in [0.2, 0.25) is 0 Å². The Hall–Kier alpha value is -2.44. The standard InChI is InChI=1S/C26H29ClN2O3S/c1-6-29-21-13-22(32-5)18(11-20(21)16(2)14-26(29,3)4)12-23-24(30)28(25(31)33-23)15-17-7-9-19(27)10-8-17/h7-13,16H,6,14-15H2,1-5H3/b23-12+. The fourth-order valence-corrected chi connectivity index (χ4v) is 5.92. The molecule has 5 nitrogen and oxygen atoms in total. The Labute approximate surface area is 204 Å². The van der Waals surface area contributed by atoms with Crippen molar-refractivity contribution in [2.24, 2.45) is 0 Å². The Morgan fingerprint density at radius 1 is 1.21 bits per heavy atom. The third kappa shape index (κ3) is 4.51. The van der Waals surface area contributed by atoms with Crippen molar-refractivity contribution in [3.05, 3.63) is 63.0 Å². The summed E-state index contributed by atoms with van der Waals surface area (Å²) in [5.74, 6) is 0.779. The minimum Gasteiger partial charge on any atom is -0.496 e. The van der Waals surface area contributed by atoms with Gasteiger partial charge in [-0.2, -0.15) is 0 Å². The molecule has 2 aromatic carbocycles. The van der Waals surface area contributed by atoms with Gasteiger partial charge >= 0.3 is 0 Å². The molecule has 1 atom stereocenters. The molecule has 7 heteroatoms.